The molecule has 0 radical (unpaired) electrons. The molecule has 140 valence electrons. The summed E-state index contributed by atoms with van der Waals surface area (Å²) in [7, 11) is 0. The van der Waals surface area contributed by atoms with Gasteiger partial charge < -0.3 is 14.4 Å². The van der Waals surface area contributed by atoms with E-state index in [0.29, 0.717) is 12.1 Å². The Morgan fingerprint density at radius 1 is 0.926 bits per heavy atom. The van der Waals surface area contributed by atoms with Crippen molar-refractivity contribution < 1.29 is 14.3 Å². The van der Waals surface area contributed by atoms with Crippen molar-refractivity contribution in [2.24, 2.45) is 0 Å². The molecule has 0 aromatic heterocycles. The van der Waals surface area contributed by atoms with Gasteiger partial charge in [0.1, 0.15) is 0 Å². The quantitative estimate of drug-likeness (QED) is 0.509. The van der Waals surface area contributed by atoms with E-state index in [0.717, 1.165) is 22.4 Å². The maximum atomic E-state index is 13.5. The largest absolute Gasteiger partial charge is 0.334 e. The average molecular weight is 363 g/mol. The van der Waals surface area contributed by atoms with Gasteiger partial charge in [-0.1, -0.05) is 72.8 Å². The van der Waals surface area contributed by atoms with Crippen LogP contribution in [-0.2, 0) is 26.6 Å². The summed E-state index contributed by atoms with van der Waals surface area (Å²) in [6.45, 7) is 12.4. The molecular weight excluding hydrogens is 338 g/mol. The molecule has 2 aromatic carbocycles. The van der Waals surface area contributed by atoms with Crippen molar-refractivity contribution in [3.05, 3.63) is 90.0 Å². The number of anilines is 1. The van der Waals surface area contributed by atoms with Gasteiger partial charge in [-0.25, -0.2) is 0 Å². The van der Waals surface area contributed by atoms with Crippen LogP contribution in [0.25, 0.3) is 0 Å². The predicted octanol–water partition coefficient (Wildman–Crippen LogP) is 4.57. The molecule has 0 fully saturated rings. The van der Waals surface area contributed by atoms with Gasteiger partial charge in [0.15, 0.2) is 0 Å². The summed E-state index contributed by atoms with van der Waals surface area (Å²) in [6.07, 6.45) is 0. The Bertz CT molecular complexity index is 839. The molecule has 2 aromatic rings. The van der Waals surface area contributed by atoms with E-state index in [2.05, 4.69) is 13.2 Å². The lowest BCUT2D eigenvalue weighted by atomic mass is 10.1. The van der Waals surface area contributed by atoms with Crippen molar-refractivity contribution in [3.8, 4) is 0 Å². The first-order valence-corrected chi connectivity index (χ1v) is 8.96. The Balaban J connectivity index is 2.02. The standard InChI is InChI=1S/C23H25NO3/c1-17(2)15-26-23(27-16-18(3)4)20-12-8-9-13-21(20)24(22(23)25)14-19-10-6-5-7-11-19/h5-13H,1,3,14-16H2,2,4H3. The summed E-state index contributed by atoms with van der Waals surface area (Å²) in [4.78, 5) is 15.3. The van der Waals surface area contributed by atoms with Gasteiger partial charge in [0.2, 0.25) is 0 Å². The Labute approximate surface area is 160 Å². The summed E-state index contributed by atoms with van der Waals surface area (Å²) in [5, 5.41) is 0. The van der Waals surface area contributed by atoms with E-state index in [9.17, 15) is 4.79 Å². The van der Waals surface area contributed by atoms with Crippen LogP contribution in [0.4, 0.5) is 5.69 Å². The number of amides is 1. The van der Waals surface area contributed by atoms with Crippen LogP contribution in [0, 0.1) is 0 Å². The number of benzene rings is 2. The van der Waals surface area contributed by atoms with Crippen LogP contribution in [0.5, 0.6) is 0 Å². The van der Waals surface area contributed by atoms with Gasteiger partial charge in [0, 0.05) is 5.56 Å². The van der Waals surface area contributed by atoms with Gasteiger partial charge in [0.25, 0.3) is 11.7 Å². The molecule has 0 saturated carbocycles. The van der Waals surface area contributed by atoms with Gasteiger partial charge in [-0.15, -0.1) is 0 Å². The maximum absolute atomic E-state index is 13.5. The highest BCUT2D eigenvalue weighted by atomic mass is 16.7. The summed E-state index contributed by atoms with van der Waals surface area (Å²) in [5.41, 5.74) is 4.19. The molecule has 27 heavy (non-hydrogen) atoms. The zero-order chi connectivity index (χ0) is 19.4. The molecule has 0 aliphatic carbocycles. The second-order valence-electron chi connectivity index (χ2n) is 7.00. The summed E-state index contributed by atoms with van der Waals surface area (Å²) in [6, 6.07) is 17.5. The molecule has 0 saturated heterocycles. The minimum absolute atomic E-state index is 0.227. The second kappa shape index (κ2) is 7.91. The summed E-state index contributed by atoms with van der Waals surface area (Å²) < 4.78 is 12.1. The molecule has 0 N–H and O–H groups in total. The molecule has 3 rings (SSSR count). The number of rotatable bonds is 8. The van der Waals surface area contributed by atoms with Crippen molar-refractivity contribution in [1.82, 2.24) is 0 Å². The molecular formula is C23H25NO3. The van der Waals surface area contributed by atoms with Crippen molar-refractivity contribution in [2.45, 2.75) is 26.2 Å². The molecule has 4 heteroatoms. The number of hydrogen-bond acceptors (Lipinski definition) is 3. The first kappa shape index (κ1) is 19.1. The van der Waals surface area contributed by atoms with Gasteiger partial charge in [-0.2, -0.15) is 0 Å². The number of hydrogen-bond donors (Lipinski definition) is 0. The number of nitrogens with zero attached hydrogens (tertiary/aromatic N) is 1. The zero-order valence-corrected chi connectivity index (χ0v) is 15.9. The fourth-order valence-corrected chi connectivity index (χ4v) is 3.08. The minimum Gasteiger partial charge on any atom is -0.334 e. The van der Waals surface area contributed by atoms with E-state index >= 15 is 0 Å². The van der Waals surface area contributed by atoms with Crippen LogP contribution in [0.15, 0.2) is 78.9 Å². The van der Waals surface area contributed by atoms with E-state index in [1.54, 1.807) is 4.90 Å². The van der Waals surface area contributed by atoms with Crippen molar-refractivity contribution in [2.75, 3.05) is 18.1 Å². The third kappa shape index (κ3) is 3.87. The van der Waals surface area contributed by atoms with Crippen LogP contribution in [0.3, 0.4) is 0 Å². The van der Waals surface area contributed by atoms with Gasteiger partial charge in [-0.05, 0) is 25.5 Å². The van der Waals surface area contributed by atoms with Crippen molar-refractivity contribution in [1.29, 1.82) is 0 Å². The summed E-state index contributed by atoms with van der Waals surface area (Å²) in [5.74, 6) is -1.71. The van der Waals surface area contributed by atoms with Crippen molar-refractivity contribution in [3.63, 3.8) is 0 Å². The lowest BCUT2D eigenvalue weighted by molar-refractivity contribution is -0.225. The van der Waals surface area contributed by atoms with Crippen LogP contribution >= 0.6 is 0 Å². The van der Waals surface area contributed by atoms with Gasteiger partial charge in [0.05, 0.1) is 25.4 Å². The Kier molecular flexibility index (Phi) is 5.59. The van der Waals surface area contributed by atoms with Crippen LogP contribution in [0.2, 0.25) is 0 Å². The van der Waals surface area contributed by atoms with E-state index in [-0.39, 0.29) is 19.1 Å². The molecule has 1 aliphatic rings. The predicted molar refractivity (Wildman–Crippen MR) is 107 cm³/mol. The maximum Gasteiger partial charge on any atom is 0.292 e. The van der Waals surface area contributed by atoms with E-state index in [1.807, 2.05) is 68.4 Å². The third-order valence-corrected chi connectivity index (χ3v) is 4.30. The fraction of sp³-hybridized carbons (Fsp3) is 0.261. The molecule has 1 heterocycles. The average Bonchev–Trinajstić information content (AvgIpc) is 2.88. The van der Waals surface area contributed by atoms with Gasteiger partial charge in [-0.3, -0.25) is 4.79 Å². The number of ether oxygens (including phenoxy) is 2. The lowest BCUT2D eigenvalue weighted by Crippen LogP contribution is -2.45. The van der Waals surface area contributed by atoms with Crippen LogP contribution in [0.1, 0.15) is 25.0 Å². The lowest BCUT2D eigenvalue weighted by Gasteiger charge is -2.29. The highest BCUT2D eigenvalue weighted by molar-refractivity contribution is 6.06. The summed E-state index contributed by atoms with van der Waals surface area (Å²) >= 11 is 0. The van der Waals surface area contributed by atoms with E-state index in [4.69, 9.17) is 9.47 Å². The van der Waals surface area contributed by atoms with Crippen LogP contribution in [-0.4, -0.2) is 19.1 Å². The topological polar surface area (TPSA) is 38.8 Å². The molecule has 1 aliphatic heterocycles. The fourth-order valence-electron chi connectivity index (χ4n) is 3.08. The minimum atomic E-state index is -1.48. The SMILES string of the molecule is C=C(C)COC1(OCC(=C)C)C(=O)N(Cc2ccccc2)c2ccccc21. The van der Waals surface area contributed by atoms with Crippen LogP contribution < -0.4 is 4.90 Å². The molecule has 0 unspecified atom stereocenters. The first-order chi connectivity index (χ1) is 12.9. The third-order valence-electron chi connectivity index (χ3n) is 4.30. The smallest absolute Gasteiger partial charge is 0.292 e. The second-order valence-corrected chi connectivity index (χ2v) is 7.00. The number of carbonyl (C=O) groups is 1. The Morgan fingerprint density at radius 3 is 2.07 bits per heavy atom. The molecule has 0 spiro atoms. The zero-order valence-electron chi connectivity index (χ0n) is 15.9. The highest BCUT2D eigenvalue weighted by Gasteiger charge is 2.53. The highest BCUT2D eigenvalue weighted by Crippen LogP contribution is 2.44. The molecule has 0 bridgehead atoms. The number of para-hydroxylation sites is 1. The normalized spacial score (nSPS) is 14.9. The Hall–Kier alpha value is -2.69. The first-order valence-electron chi connectivity index (χ1n) is 8.96. The number of fused-ring (bicyclic) bond motifs is 1. The molecule has 1 amide bonds. The molecule has 4 nitrogen and oxygen atoms in total. The number of carbonyl (C=O) groups excluding carboxylic acids is 1. The molecule has 0 atom stereocenters. The Morgan fingerprint density at radius 2 is 1.48 bits per heavy atom. The van der Waals surface area contributed by atoms with E-state index < -0.39 is 5.79 Å². The monoisotopic (exact) mass is 363 g/mol. The van der Waals surface area contributed by atoms with Gasteiger partial charge >= 0.3 is 0 Å². The van der Waals surface area contributed by atoms with E-state index in [1.165, 1.54) is 0 Å². The van der Waals surface area contributed by atoms with Crippen molar-refractivity contribution >= 4 is 11.6 Å².